The molecular weight excluding hydrogens is 308 g/mol. The third kappa shape index (κ3) is 3.76. The average molecular weight is 331 g/mol. The zero-order chi connectivity index (χ0) is 16.4. The van der Waals surface area contributed by atoms with Crippen LogP contribution in [0.4, 0.5) is 5.69 Å². The first kappa shape index (κ1) is 16.1. The summed E-state index contributed by atoms with van der Waals surface area (Å²) in [6.45, 7) is 4.13. The van der Waals surface area contributed by atoms with Gasteiger partial charge in [0.1, 0.15) is 0 Å². The molecule has 1 aromatic carbocycles. The second kappa shape index (κ2) is 6.76. The van der Waals surface area contributed by atoms with Gasteiger partial charge in [0, 0.05) is 19.8 Å². The zero-order valence-electron chi connectivity index (χ0n) is 13.9. The molecule has 1 amide bonds. The minimum Gasteiger partial charge on any atom is -0.378 e. The van der Waals surface area contributed by atoms with E-state index in [1.165, 1.54) is 16.7 Å². The molecule has 122 valence electrons. The van der Waals surface area contributed by atoms with E-state index in [9.17, 15) is 4.79 Å². The molecule has 0 bridgehead atoms. The molecule has 2 aliphatic heterocycles. The summed E-state index contributed by atoms with van der Waals surface area (Å²) >= 11 is 1.50. The molecular formula is C17H23N4OS+. The van der Waals surface area contributed by atoms with E-state index in [0.717, 1.165) is 42.6 Å². The Hall–Kier alpha value is -1.79. The Balaban J connectivity index is 1.69. The average Bonchev–Trinajstić information content (AvgIpc) is 2.89. The summed E-state index contributed by atoms with van der Waals surface area (Å²) in [5.74, 6) is -0.118. The summed E-state index contributed by atoms with van der Waals surface area (Å²) in [6, 6.07) is 8.18. The number of hydrogen-bond acceptors (Lipinski definition) is 4. The van der Waals surface area contributed by atoms with Crippen LogP contribution in [0.5, 0.6) is 0 Å². The lowest BCUT2D eigenvalue weighted by Gasteiger charge is -2.30. The third-order valence-corrected chi connectivity index (χ3v) is 5.25. The second-order valence-corrected chi connectivity index (χ2v) is 7.25. The van der Waals surface area contributed by atoms with Gasteiger partial charge in [0.15, 0.2) is 5.17 Å². The van der Waals surface area contributed by atoms with Crippen molar-refractivity contribution in [2.75, 3.05) is 52.2 Å². The van der Waals surface area contributed by atoms with Gasteiger partial charge in [-0.2, -0.15) is 4.99 Å². The predicted molar refractivity (Wildman–Crippen MR) is 97.0 cm³/mol. The number of nitrogens with zero attached hydrogens (tertiary/aromatic N) is 3. The van der Waals surface area contributed by atoms with Crippen molar-refractivity contribution in [3.8, 4) is 0 Å². The number of nitrogens with one attached hydrogen (secondary N) is 1. The van der Waals surface area contributed by atoms with Crippen molar-refractivity contribution >= 4 is 34.6 Å². The first-order valence-corrected chi connectivity index (χ1v) is 8.71. The number of carbonyl (C=O) groups is 1. The van der Waals surface area contributed by atoms with E-state index in [1.54, 1.807) is 0 Å². The van der Waals surface area contributed by atoms with Gasteiger partial charge >= 0.3 is 0 Å². The van der Waals surface area contributed by atoms with Crippen molar-refractivity contribution in [3.63, 3.8) is 0 Å². The van der Waals surface area contributed by atoms with Crippen LogP contribution >= 0.6 is 11.8 Å². The largest absolute Gasteiger partial charge is 0.378 e. The number of aliphatic imine (C=N–C) groups is 1. The Labute approximate surface area is 141 Å². The molecule has 1 saturated heterocycles. The van der Waals surface area contributed by atoms with Gasteiger partial charge in [0.2, 0.25) is 0 Å². The highest BCUT2D eigenvalue weighted by atomic mass is 32.2. The van der Waals surface area contributed by atoms with E-state index in [2.05, 4.69) is 34.0 Å². The van der Waals surface area contributed by atoms with Crippen molar-refractivity contribution < 1.29 is 9.69 Å². The van der Waals surface area contributed by atoms with E-state index in [1.807, 2.05) is 32.3 Å². The number of quaternary nitrogens is 1. The number of amidine groups is 1. The van der Waals surface area contributed by atoms with E-state index < -0.39 is 0 Å². The van der Waals surface area contributed by atoms with Crippen LogP contribution in [0.1, 0.15) is 5.56 Å². The number of thioether (sulfide) groups is 1. The standard InChI is InChI=1S/C17H22N4OS/c1-19(2)14-6-4-13(5-7-14)12-15-16(22)18-17(23-15)21-10-8-20(3)9-11-21/h4-7,12H,8-11H2,1-3H3/p+1/b15-12+. The third-order valence-electron chi connectivity index (χ3n) is 4.20. The van der Waals surface area contributed by atoms with Crippen LogP contribution in [0, 0.1) is 0 Å². The number of anilines is 1. The lowest BCUT2D eigenvalue weighted by atomic mass is 10.2. The molecule has 2 heterocycles. The number of likely N-dealkylation sites (N-methyl/N-ethyl adjacent to an activating group) is 1. The summed E-state index contributed by atoms with van der Waals surface area (Å²) in [5.41, 5.74) is 2.18. The molecule has 0 radical (unpaired) electrons. The second-order valence-electron chi connectivity index (χ2n) is 6.24. The summed E-state index contributed by atoms with van der Waals surface area (Å²) in [7, 11) is 6.23. The topological polar surface area (TPSA) is 40.4 Å². The minimum atomic E-state index is -0.118. The van der Waals surface area contributed by atoms with Gasteiger partial charge in [-0.15, -0.1) is 0 Å². The van der Waals surface area contributed by atoms with E-state index in [-0.39, 0.29) is 5.91 Å². The van der Waals surface area contributed by atoms with Gasteiger partial charge in [-0.05, 0) is 35.5 Å². The fourth-order valence-corrected chi connectivity index (χ4v) is 3.60. The molecule has 0 unspecified atom stereocenters. The van der Waals surface area contributed by atoms with Crippen molar-refractivity contribution in [1.82, 2.24) is 4.90 Å². The maximum absolute atomic E-state index is 12.2. The van der Waals surface area contributed by atoms with Crippen molar-refractivity contribution in [3.05, 3.63) is 34.7 Å². The number of benzene rings is 1. The Morgan fingerprint density at radius 3 is 2.48 bits per heavy atom. The van der Waals surface area contributed by atoms with Crippen LogP contribution in [0.3, 0.4) is 0 Å². The van der Waals surface area contributed by atoms with E-state index in [0.29, 0.717) is 4.91 Å². The van der Waals surface area contributed by atoms with Gasteiger partial charge < -0.3 is 14.7 Å². The molecule has 0 atom stereocenters. The molecule has 5 nitrogen and oxygen atoms in total. The SMILES string of the molecule is CN(C)c1ccc(/C=C2/SC(N3CC[NH+](C)CC3)=NC2=O)cc1. The fourth-order valence-electron chi connectivity index (χ4n) is 2.63. The molecule has 0 aliphatic carbocycles. The van der Waals surface area contributed by atoms with Crippen LogP contribution < -0.4 is 9.80 Å². The number of rotatable bonds is 2. The molecule has 6 heteroatoms. The molecule has 1 aromatic rings. The number of carbonyl (C=O) groups excluding carboxylic acids is 1. The molecule has 0 aromatic heterocycles. The summed E-state index contributed by atoms with van der Waals surface area (Å²) < 4.78 is 0. The van der Waals surface area contributed by atoms with Gasteiger partial charge in [0.05, 0.1) is 38.1 Å². The van der Waals surface area contributed by atoms with Crippen LogP contribution in [0.2, 0.25) is 0 Å². The lowest BCUT2D eigenvalue weighted by Crippen LogP contribution is -3.12. The number of amides is 1. The summed E-state index contributed by atoms with van der Waals surface area (Å²) in [5, 5.41) is 0.860. The normalized spacial score (nSPS) is 21.0. The molecule has 23 heavy (non-hydrogen) atoms. The highest BCUT2D eigenvalue weighted by Crippen LogP contribution is 2.30. The maximum atomic E-state index is 12.2. The van der Waals surface area contributed by atoms with E-state index in [4.69, 9.17) is 0 Å². The molecule has 1 fully saturated rings. The van der Waals surface area contributed by atoms with Crippen LogP contribution in [-0.4, -0.2) is 63.3 Å². The number of hydrogen-bond donors (Lipinski definition) is 1. The quantitative estimate of drug-likeness (QED) is 0.804. The van der Waals surface area contributed by atoms with Gasteiger partial charge in [-0.1, -0.05) is 12.1 Å². The molecule has 0 spiro atoms. The summed E-state index contributed by atoms with van der Waals surface area (Å²) in [6.07, 6.45) is 1.93. The summed E-state index contributed by atoms with van der Waals surface area (Å²) in [4.78, 5) is 22.9. The predicted octanol–water partition coefficient (Wildman–Crippen LogP) is 0.553. The van der Waals surface area contributed by atoms with Crippen molar-refractivity contribution in [2.24, 2.45) is 4.99 Å². The van der Waals surface area contributed by atoms with Crippen molar-refractivity contribution in [1.29, 1.82) is 0 Å². The van der Waals surface area contributed by atoms with Gasteiger partial charge in [-0.3, -0.25) is 4.79 Å². The van der Waals surface area contributed by atoms with Crippen LogP contribution in [0.15, 0.2) is 34.2 Å². The first-order chi connectivity index (χ1) is 11.0. The smallest absolute Gasteiger partial charge is 0.286 e. The monoisotopic (exact) mass is 331 g/mol. The Morgan fingerprint density at radius 1 is 1.22 bits per heavy atom. The van der Waals surface area contributed by atoms with E-state index >= 15 is 0 Å². The maximum Gasteiger partial charge on any atom is 0.286 e. The lowest BCUT2D eigenvalue weighted by molar-refractivity contribution is -0.883. The van der Waals surface area contributed by atoms with Crippen LogP contribution in [-0.2, 0) is 4.79 Å². The molecule has 1 N–H and O–H groups in total. The van der Waals surface area contributed by atoms with Gasteiger partial charge in [0.25, 0.3) is 5.91 Å². The molecule has 2 aliphatic rings. The molecule has 0 saturated carbocycles. The Kier molecular flexibility index (Phi) is 4.73. The Morgan fingerprint density at radius 2 is 1.87 bits per heavy atom. The first-order valence-electron chi connectivity index (χ1n) is 7.89. The fraction of sp³-hybridized carbons (Fsp3) is 0.412. The highest BCUT2D eigenvalue weighted by Gasteiger charge is 2.28. The minimum absolute atomic E-state index is 0.118. The van der Waals surface area contributed by atoms with Gasteiger partial charge in [-0.25, -0.2) is 0 Å². The number of piperazine rings is 1. The Bertz CT molecular complexity index is 643. The molecule has 3 rings (SSSR count). The van der Waals surface area contributed by atoms with Crippen molar-refractivity contribution in [2.45, 2.75) is 0 Å². The zero-order valence-corrected chi connectivity index (χ0v) is 14.7. The highest BCUT2D eigenvalue weighted by molar-refractivity contribution is 8.18. The van der Waals surface area contributed by atoms with Crippen LogP contribution in [0.25, 0.3) is 6.08 Å².